The Morgan fingerprint density at radius 1 is 1.39 bits per heavy atom. The maximum Gasteiger partial charge on any atom is 0.143 e. The Bertz CT molecular complexity index is 385. The predicted molar refractivity (Wildman–Crippen MR) is 74.6 cm³/mol. The molecule has 0 atom stereocenters. The van der Waals surface area contributed by atoms with Crippen LogP contribution in [0.3, 0.4) is 0 Å². The number of nitrogens with one attached hydrogen (secondary N) is 1. The van der Waals surface area contributed by atoms with E-state index in [9.17, 15) is 4.39 Å². The van der Waals surface area contributed by atoms with Gasteiger partial charge in [0, 0.05) is 19.2 Å². The van der Waals surface area contributed by atoms with Crippen molar-refractivity contribution in [3.05, 3.63) is 23.0 Å². The van der Waals surface area contributed by atoms with Crippen molar-refractivity contribution in [1.82, 2.24) is 0 Å². The highest BCUT2D eigenvalue weighted by molar-refractivity contribution is 6.31. The van der Waals surface area contributed by atoms with Gasteiger partial charge in [-0.05, 0) is 18.4 Å². The molecule has 0 saturated carbocycles. The third kappa shape index (κ3) is 5.10. The van der Waals surface area contributed by atoms with Crippen LogP contribution < -0.4 is 11.1 Å². The van der Waals surface area contributed by atoms with Gasteiger partial charge < -0.3 is 15.8 Å². The molecule has 18 heavy (non-hydrogen) atoms. The summed E-state index contributed by atoms with van der Waals surface area (Å²) in [5, 5.41) is 3.05. The summed E-state index contributed by atoms with van der Waals surface area (Å²) in [6, 6.07) is 2.70. The Hall–Kier alpha value is -1.00. The molecule has 0 aromatic heterocycles. The van der Waals surface area contributed by atoms with Gasteiger partial charge in [-0.25, -0.2) is 4.39 Å². The molecule has 0 spiro atoms. The summed E-state index contributed by atoms with van der Waals surface area (Å²) < 4.78 is 18.7. The lowest BCUT2D eigenvalue weighted by molar-refractivity contribution is 0.132. The number of hydrogen-bond acceptors (Lipinski definition) is 3. The maximum absolute atomic E-state index is 13.2. The van der Waals surface area contributed by atoms with Crippen LogP contribution in [0.4, 0.5) is 15.8 Å². The Labute approximate surface area is 112 Å². The van der Waals surface area contributed by atoms with Gasteiger partial charge in [-0.15, -0.1) is 0 Å². The molecule has 3 nitrogen and oxygen atoms in total. The van der Waals surface area contributed by atoms with E-state index < -0.39 is 5.82 Å². The largest absolute Gasteiger partial charge is 0.397 e. The van der Waals surface area contributed by atoms with Crippen LogP contribution in [0.5, 0.6) is 0 Å². The lowest BCUT2D eigenvalue weighted by atomic mass is 10.1. The highest BCUT2D eigenvalue weighted by Crippen LogP contribution is 2.25. The maximum atomic E-state index is 13.2. The minimum Gasteiger partial charge on any atom is -0.397 e. The van der Waals surface area contributed by atoms with Gasteiger partial charge in [0.15, 0.2) is 0 Å². The van der Waals surface area contributed by atoms with Crippen molar-refractivity contribution >= 4 is 23.0 Å². The van der Waals surface area contributed by atoms with E-state index in [2.05, 4.69) is 19.2 Å². The Kier molecular flexibility index (Phi) is 6.22. The zero-order valence-electron chi connectivity index (χ0n) is 10.8. The van der Waals surface area contributed by atoms with E-state index in [4.69, 9.17) is 22.1 Å². The molecule has 0 aliphatic heterocycles. The van der Waals surface area contributed by atoms with Crippen LogP contribution in [0.2, 0.25) is 5.02 Å². The standard InChI is InChI=1S/C13H20ClFN2O/c1-9(2)3-5-18-6-4-17-13-8-11(15)10(14)7-12(13)16/h7-9,17H,3-6,16H2,1-2H3. The number of hydrogen-bond donors (Lipinski definition) is 2. The third-order valence-electron chi connectivity index (χ3n) is 2.49. The normalized spacial score (nSPS) is 10.9. The molecule has 0 amide bonds. The van der Waals surface area contributed by atoms with Gasteiger partial charge in [-0.3, -0.25) is 0 Å². The molecule has 1 aromatic carbocycles. The average Bonchev–Trinajstić information content (AvgIpc) is 2.29. The van der Waals surface area contributed by atoms with E-state index in [1.807, 2.05) is 0 Å². The van der Waals surface area contributed by atoms with Crippen molar-refractivity contribution in [3.8, 4) is 0 Å². The smallest absolute Gasteiger partial charge is 0.143 e. The second-order valence-corrected chi connectivity index (χ2v) is 4.98. The van der Waals surface area contributed by atoms with Gasteiger partial charge >= 0.3 is 0 Å². The molecule has 5 heteroatoms. The zero-order valence-corrected chi connectivity index (χ0v) is 11.6. The Morgan fingerprint density at radius 3 is 2.78 bits per heavy atom. The molecular weight excluding hydrogens is 255 g/mol. The van der Waals surface area contributed by atoms with E-state index in [-0.39, 0.29) is 5.02 Å². The summed E-state index contributed by atoms with van der Waals surface area (Å²) in [6.45, 7) is 6.20. The fourth-order valence-electron chi connectivity index (χ4n) is 1.39. The van der Waals surface area contributed by atoms with Crippen molar-refractivity contribution < 1.29 is 9.13 Å². The first-order chi connectivity index (χ1) is 8.50. The first kappa shape index (κ1) is 15.1. The van der Waals surface area contributed by atoms with Gasteiger partial charge in [0.1, 0.15) is 5.82 Å². The van der Waals surface area contributed by atoms with E-state index in [0.29, 0.717) is 30.4 Å². The second kappa shape index (κ2) is 7.44. The van der Waals surface area contributed by atoms with Crippen LogP contribution >= 0.6 is 11.6 Å². The lowest BCUT2D eigenvalue weighted by Crippen LogP contribution is -2.12. The summed E-state index contributed by atoms with van der Waals surface area (Å²) >= 11 is 5.61. The molecule has 0 aliphatic carbocycles. The number of benzene rings is 1. The number of ether oxygens (including phenoxy) is 1. The van der Waals surface area contributed by atoms with E-state index in [1.54, 1.807) is 0 Å². The first-order valence-corrected chi connectivity index (χ1v) is 6.44. The van der Waals surface area contributed by atoms with Crippen molar-refractivity contribution in [1.29, 1.82) is 0 Å². The van der Waals surface area contributed by atoms with Gasteiger partial charge in [0.2, 0.25) is 0 Å². The molecule has 0 fully saturated rings. The number of rotatable bonds is 7. The van der Waals surface area contributed by atoms with Crippen LogP contribution in [-0.4, -0.2) is 19.8 Å². The average molecular weight is 275 g/mol. The van der Waals surface area contributed by atoms with Crippen LogP contribution in [0.1, 0.15) is 20.3 Å². The molecule has 0 unspecified atom stereocenters. The van der Waals surface area contributed by atoms with E-state index >= 15 is 0 Å². The molecule has 1 rings (SSSR count). The summed E-state index contributed by atoms with van der Waals surface area (Å²) in [6.07, 6.45) is 1.04. The molecule has 0 radical (unpaired) electrons. The van der Waals surface area contributed by atoms with Crippen molar-refractivity contribution in [2.24, 2.45) is 5.92 Å². The SMILES string of the molecule is CC(C)CCOCCNc1cc(F)c(Cl)cc1N. The second-order valence-electron chi connectivity index (χ2n) is 4.58. The number of nitrogen functional groups attached to an aromatic ring is 1. The topological polar surface area (TPSA) is 47.3 Å². The molecule has 0 aliphatic rings. The summed E-state index contributed by atoms with van der Waals surface area (Å²) in [5.74, 6) is 0.160. The van der Waals surface area contributed by atoms with E-state index in [1.165, 1.54) is 12.1 Å². The quantitative estimate of drug-likeness (QED) is 0.591. The molecule has 3 N–H and O–H groups in total. The Balaban J connectivity index is 2.29. The first-order valence-electron chi connectivity index (χ1n) is 6.07. The fourth-order valence-corrected chi connectivity index (χ4v) is 1.57. The lowest BCUT2D eigenvalue weighted by Gasteiger charge is -2.11. The van der Waals surface area contributed by atoms with Gasteiger partial charge in [0.25, 0.3) is 0 Å². The number of nitrogens with two attached hydrogens (primary N) is 1. The highest BCUT2D eigenvalue weighted by Gasteiger charge is 2.05. The van der Waals surface area contributed by atoms with E-state index in [0.717, 1.165) is 13.0 Å². The molecule has 0 saturated heterocycles. The van der Waals surface area contributed by atoms with Crippen LogP contribution in [0.25, 0.3) is 0 Å². The minimum atomic E-state index is -0.478. The van der Waals surface area contributed by atoms with Crippen LogP contribution in [0, 0.1) is 11.7 Å². The van der Waals surface area contributed by atoms with Crippen LogP contribution in [0.15, 0.2) is 12.1 Å². The van der Waals surface area contributed by atoms with Crippen molar-refractivity contribution in [2.75, 3.05) is 30.8 Å². The Morgan fingerprint density at radius 2 is 2.11 bits per heavy atom. The highest BCUT2D eigenvalue weighted by atomic mass is 35.5. The van der Waals surface area contributed by atoms with Crippen molar-refractivity contribution in [3.63, 3.8) is 0 Å². The number of anilines is 2. The minimum absolute atomic E-state index is 0.0335. The van der Waals surface area contributed by atoms with Gasteiger partial charge in [0.05, 0.1) is 23.0 Å². The monoisotopic (exact) mass is 274 g/mol. The fraction of sp³-hybridized carbons (Fsp3) is 0.538. The molecule has 0 heterocycles. The zero-order chi connectivity index (χ0) is 13.5. The summed E-state index contributed by atoms with van der Waals surface area (Å²) in [5.41, 5.74) is 6.70. The van der Waals surface area contributed by atoms with Gasteiger partial charge in [-0.1, -0.05) is 25.4 Å². The van der Waals surface area contributed by atoms with Crippen molar-refractivity contribution in [2.45, 2.75) is 20.3 Å². The molecule has 102 valence electrons. The van der Waals surface area contributed by atoms with Crippen LogP contribution in [-0.2, 0) is 4.74 Å². The molecule has 1 aromatic rings. The number of halogens is 2. The predicted octanol–water partition coefficient (Wildman–Crippen LogP) is 3.54. The summed E-state index contributed by atoms with van der Waals surface area (Å²) in [7, 11) is 0. The third-order valence-corrected chi connectivity index (χ3v) is 2.78. The molecular formula is C13H20ClFN2O. The molecule has 0 bridgehead atoms. The van der Waals surface area contributed by atoms with Gasteiger partial charge in [-0.2, -0.15) is 0 Å². The summed E-state index contributed by atoms with van der Waals surface area (Å²) in [4.78, 5) is 0.